The van der Waals surface area contributed by atoms with Gasteiger partial charge in [-0.25, -0.2) is 0 Å². The van der Waals surface area contributed by atoms with Gasteiger partial charge in [0, 0.05) is 23.2 Å². The van der Waals surface area contributed by atoms with Crippen LogP contribution in [0.2, 0.25) is 0 Å². The van der Waals surface area contributed by atoms with E-state index in [2.05, 4.69) is 21.2 Å². The summed E-state index contributed by atoms with van der Waals surface area (Å²) in [5.41, 5.74) is 6.27. The molecule has 2 amide bonds. The summed E-state index contributed by atoms with van der Waals surface area (Å²) in [5, 5.41) is 3.00. The lowest BCUT2D eigenvalue weighted by molar-refractivity contribution is -0.136. The number of benzene rings is 1. The average Bonchev–Trinajstić information content (AvgIpc) is 2.53. The molecule has 1 heterocycles. The van der Waals surface area contributed by atoms with Gasteiger partial charge in [0.1, 0.15) is 0 Å². The molecule has 120 valence electrons. The van der Waals surface area contributed by atoms with Crippen LogP contribution in [0, 0.1) is 0 Å². The number of hydrogen-bond acceptors (Lipinski definition) is 4. The molecule has 1 saturated heterocycles. The van der Waals surface area contributed by atoms with Gasteiger partial charge < -0.3 is 20.7 Å². The molecule has 1 atom stereocenters. The minimum atomic E-state index is -0.534. The van der Waals surface area contributed by atoms with Crippen molar-refractivity contribution in [3.63, 3.8) is 0 Å². The maximum Gasteiger partial charge on any atom is 0.250 e. The second kappa shape index (κ2) is 7.60. The first-order valence-electron chi connectivity index (χ1n) is 7.24. The number of halogens is 1. The summed E-state index contributed by atoms with van der Waals surface area (Å²) in [5.74, 6) is -0.547. The van der Waals surface area contributed by atoms with Crippen molar-refractivity contribution in [2.45, 2.75) is 19.4 Å². The lowest BCUT2D eigenvalue weighted by Gasteiger charge is -2.32. The molecule has 1 aliphatic heterocycles. The number of nitrogens with zero attached hydrogens (tertiary/aromatic N) is 1. The molecule has 22 heavy (non-hydrogen) atoms. The van der Waals surface area contributed by atoms with Gasteiger partial charge >= 0.3 is 0 Å². The van der Waals surface area contributed by atoms with E-state index >= 15 is 0 Å². The molecule has 1 fully saturated rings. The Hall–Kier alpha value is -1.60. The Balaban J connectivity index is 1.98. The van der Waals surface area contributed by atoms with E-state index in [1.165, 1.54) is 0 Å². The molecule has 0 spiro atoms. The fourth-order valence-corrected chi connectivity index (χ4v) is 2.71. The van der Waals surface area contributed by atoms with Crippen LogP contribution in [0.25, 0.3) is 0 Å². The van der Waals surface area contributed by atoms with Crippen molar-refractivity contribution in [1.29, 1.82) is 0 Å². The van der Waals surface area contributed by atoms with Crippen molar-refractivity contribution < 1.29 is 14.3 Å². The standard InChI is InChI=1S/C15H20BrN3O3/c1-2-11-9-19(5-6-22-11)14(20)8-18-13-4-3-10(16)7-12(13)15(17)21/h3-4,7,11,18H,2,5-6,8-9H2,1H3,(H2,17,21)/t11-/m0/s1. The van der Waals surface area contributed by atoms with Gasteiger partial charge in [0.05, 0.1) is 24.8 Å². The molecular formula is C15H20BrN3O3. The Morgan fingerprint density at radius 2 is 2.27 bits per heavy atom. The number of amides is 2. The minimum absolute atomic E-state index is 0.0138. The van der Waals surface area contributed by atoms with E-state index in [0.717, 1.165) is 10.9 Å². The molecule has 1 aliphatic rings. The molecule has 0 aromatic heterocycles. The lowest BCUT2D eigenvalue weighted by atomic mass is 10.1. The second-order valence-corrected chi connectivity index (χ2v) is 6.06. The van der Waals surface area contributed by atoms with Crippen molar-refractivity contribution in [1.82, 2.24) is 4.90 Å². The largest absolute Gasteiger partial charge is 0.376 e. The minimum Gasteiger partial charge on any atom is -0.376 e. The summed E-state index contributed by atoms with van der Waals surface area (Å²) in [6.07, 6.45) is 0.988. The van der Waals surface area contributed by atoms with E-state index in [0.29, 0.717) is 30.9 Å². The van der Waals surface area contributed by atoms with Crippen LogP contribution in [0.5, 0.6) is 0 Å². The second-order valence-electron chi connectivity index (χ2n) is 5.15. The van der Waals surface area contributed by atoms with E-state index < -0.39 is 5.91 Å². The maximum absolute atomic E-state index is 12.3. The Morgan fingerprint density at radius 1 is 1.50 bits per heavy atom. The van der Waals surface area contributed by atoms with Crippen LogP contribution in [0.1, 0.15) is 23.7 Å². The number of primary amides is 1. The predicted molar refractivity (Wildman–Crippen MR) is 87.8 cm³/mol. The van der Waals surface area contributed by atoms with Gasteiger partial charge in [-0.15, -0.1) is 0 Å². The first kappa shape index (κ1) is 16.8. The number of carbonyl (C=O) groups excluding carboxylic acids is 2. The number of morpholine rings is 1. The third-order valence-corrected chi connectivity index (χ3v) is 4.12. The van der Waals surface area contributed by atoms with Gasteiger partial charge in [0.25, 0.3) is 5.91 Å². The lowest BCUT2D eigenvalue weighted by Crippen LogP contribution is -2.47. The number of carbonyl (C=O) groups is 2. The van der Waals surface area contributed by atoms with Crippen molar-refractivity contribution in [2.24, 2.45) is 5.73 Å². The van der Waals surface area contributed by atoms with Crippen LogP contribution in [-0.4, -0.2) is 49.1 Å². The summed E-state index contributed by atoms with van der Waals surface area (Å²) in [6, 6.07) is 5.16. The highest BCUT2D eigenvalue weighted by Crippen LogP contribution is 2.20. The molecule has 3 N–H and O–H groups in total. The topological polar surface area (TPSA) is 84.7 Å². The monoisotopic (exact) mass is 369 g/mol. The van der Waals surface area contributed by atoms with Crippen LogP contribution in [0.15, 0.2) is 22.7 Å². The Bertz CT molecular complexity index is 565. The molecule has 0 aliphatic carbocycles. The summed E-state index contributed by atoms with van der Waals surface area (Å²) in [7, 11) is 0. The number of nitrogens with two attached hydrogens (primary N) is 1. The molecule has 0 radical (unpaired) electrons. The normalized spacial score (nSPS) is 18.1. The number of nitrogens with one attached hydrogen (secondary N) is 1. The third kappa shape index (κ3) is 4.20. The van der Waals surface area contributed by atoms with E-state index in [9.17, 15) is 9.59 Å². The van der Waals surface area contributed by atoms with Crippen molar-refractivity contribution in [2.75, 3.05) is 31.6 Å². The van der Waals surface area contributed by atoms with E-state index in [1.54, 1.807) is 23.1 Å². The molecule has 0 bridgehead atoms. The zero-order chi connectivity index (χ0) is 16.1. The van der Waals surface area contributed by atoms with E-state index in [4.69, 9.17) is 10.5 Å². The molecule has 0 unspecified atom stereocenters. The predicted octanol–water partition coefficient (Wildman–Crippen LogP) is 1.60. The molecule has 2 rings (SSSR count). The van der Waals surface area contributed by atoms with Crippen molar-refractivity contribution >= 4 is 33.4 Å². The Kier molecular flexibility index (Phi) is 5.79. The Morgan fingerprint density at radius 3 is 2.95 bits per heavy atom. The highest BCUT2D eigenvalue weighted by Gasteiger charge is 2.23. The van der Waals surface area contributed by atoms with Gasteiger partial charge in [-0.05, 0) is 24.6 Å². The molecule has 0 saturated carbocycles. The number of hydrogen-bond donors (Lipinski definition) is 2. The molecular weight excluding hydrogens is 350 g/mol. The van der Waals surface area contributed by atoms with Crippen molar-refractivity contribution in [3.05, 3.63) is 28.2 Å². The Labute approximate surface area is 138 Å². The summed E-state index contributed by atoms with van der Waals surface area (Å²) < 4.78 is 6.31. The molecule has 1 aromatic carbocycles. The van der Waals surface area contributed by atoms with Crippen LogP contribution in [0.3, 0.4) is 0 Å². The van der Waals surface area contributed by atoms with Crippen LogP contribution >= 0.6 is 15.9 Å². The third-order valence-electron chi connectivity index (χ3n) is 3.62. The number of anilines is 1. The first-order chi connectivity index (χ1) is 10.5. The van der Waals surface area contributed by atoms with E-state index in [-0.39, 0.29) is 18.6 Å². The number of rotatable bonds is 5. The highest BCUT2D eigenvalue weighted by atomic mass is 79.9. The fraction of sp³-hybridized carbons (Fsp3) is 0.467. The van der Waals surface area contributed by atoms with Gasteiger partial charge in [-0.3, -0.25) is 9.59 Å². The fourth-order valence-electron chi connectivity index (χ4n) is 2.35. The molecule has 1 aromatic rings. The van der Waals surface area contributed by atoms with Gasteiger partial charge in [-0.1, -0.05) is 22.9 Å². The zero-order valence-corrected chi connectivity index (χ0v) is 14.1. The average molecular weight is 370 g/mol. The molecule has 7 heteroatoms. The summed E-state index contributed by atoms with van der Waals surface area (Å²) >= 11 is 3.30. The maximum atomic E-state index is 12.3. The highest BCUT2D eigenvalue weighted by molar-refractivity contribution is 9.10. The van der Waals surface area contributed by atoms with E-state index in [1.807, 2.05) is 6.92 Å². The zero-order valence-electron chi connectivity index (χ0n) is 12.5. The van der Waals surface area contributed by atoms with Gasteiger partial charge in [-0.2, -0.15) is 0 Å². The summed E-state index contributed by atoms with van der Waals surface area (Å²) in [4.78, 5) is 25.5. The van der Waals surface area contributed by atoms with Gasteiger partial charge in [0.2, 0.25) is 5.91 Å². The SMILES string of the molecule is CC[C@H]1CN(C(=O)CNc2ccc(Br)cc2C(N)=O)CCO1. The smallest absolute Gasteiger partial charge is 0.250 e. The number of ether oxygens (including phenoxy) is 1. The quantitative estimate of drug-likeness (QED) is 0.825. The van der Waals surface area contributed by atoms with Gasteiger partial charge in [0.15, 0.2) is 0 Å². The van der Waals surface area contributed by atoms with Crippen LogP contribution in [-0.2, 0) is 9.53 Å². The molecule has 6 nitrogen and oxygen atoms in total. The summed E-state index contributed by atoms with van der Waals surface area (Å²) in [6.45, 7) is 3.94. The first-order valence-corrected chi connectivity index (χ1v) is 8.03. The van der Waals surface area contributed by atoms with Crippen LogP contribution < -0.4 is 11.1 Å². The van der Waals surface area contributed by atoms with Crippen LogP contribution in [0.4, 0.5) is 5.69 Å². The van der Waals surface area contributed by atoms with Crippen molar-refractivity contribution in [3.8, 4) is 0 Å².